The Morgan fingerprint density at radius 3 is 2.50 bits per heavy atom. The highest BCUT2D eigenvalue weighted by molar-refractivity contribution is 6.13. The molecule has 3 unspecified atom stereocenters. The van der Waals surface area contributed by atoms with Gasteiger partial charge >= 0.3 is 5.97 Å². The summed E-state index contributed by atoms with van der Waals surface area (Å²) in [5.41, 5.74) is 1.88. The zero-order chi connectivity index (χ0) is 19.5. The van der Waals surface area contributed by atoms with E-state index in [1.54, 1.807) is 13.8 Å². The molecule has 2 rings (SSSR count). The molecule has 26 heavy (non-hydrogen) atoms. The zero-order valence-corrected chi connectivity index (χ0v) is 15.9. The van der Waals surface area contributed by atoms with Crippen molar-refractivity contribution in [2.24, 2.45) is 5.41 Å². The maximum Gasteiger partial charge on any atom is 0.322 e. The molecular weight excluding hydrogens is 330 g/mol. The van der Waals surface area contributed by atoms with Crippen molar-refractivity contribution in [3.05, 3.63) is 54.3 Å². The first-order valence-corrected chi connectivity index (χ1v) is 8.69. The molecule has 5 heteroatoms. The zero-order valence-electron chi connectivity index (χ0n) is 15.9. The van der Waals surface area contributed by atoms with Gasteiger partial charge in [0.2, 0.25) is 0 Å². The quantitative estimate of drug-likeness (QED) is 0.478. The van der Waals surface area contributed by atoms with Gasteiger partial charge in [0, 0.05) is 17.0 Å². The molecule has 1 saturated heterocycles. The number of carbonyl (C=O) groups is 2. The molecule has 1 aromatic rings. The minimum Gasteiger partial charge on any atom is -0.468 e. The molecule has 0 aromatic heterocycles. The first-order chi connectivity index (χ1) is 12.2. The van der Waals surface area contributed by atoms with E-state index in [0.29, 0.717) is 18.4 Å². The molecule has 1 aliphatic heterocycles. The molecule has 0 saturated carbocycles. The van der Waals surface area contributed by atoms with Crippen LogP contribution in [0.15, 0.2) is 48.7 Å². The average Bonchev–Trinajstić information content (AvgIpc) is 2.61. The van der Waals surface area contributed by atoms with Gasteiger partial charge in [-0.2, -0.15) is 0 Å². The molecule has 0 bridgehead atoms. The molecule has 140 valence electrons. The Labute approximate surface area is 155 Å². The normalized spacial score (nSPS) is 25.7. The summed E-state index contributed by atoms with van der Waals surface area (Å²) in [4.78, 5) is 25.1. The van der Waals surface area contributed by atoms with Gasteiger partial charge in [-0.1, -0.05) is 25.3 Å². The molecule has 1 aliphatic rings. The fourth-order valence-corrected chi connectivity index (χ4v) is 3.22. The summed E-state index contributed by atoms with van der Waals surface area (Å²) in [7, 11) is 1.28. The molecule has 1 aromatic carbocycles. The topological polar surface area (TPSA) is 64.6 Å². The highest BCUT2D eigenvalue weighted by atomic mass is 16.5. The number of rotatable bonds is 6. The van der Waals surface area contributed by atoms with Gasteiger partial charge in [-0.25, -0.2) is 0 Å². The molecule has 0 aliphatic carbocycles. The van der Waals surface area contributed by atoms with Gasteiger partial charge in [0.1, 0.15) is 0 Å². The first kappa shape index (κ1) is 19.9. The Morgan fingerprint density at radius 2 is 1.96 bits per heavy atom. The summed E-state index contributed by atoms with van der Waals surface area (Å²) in [6.45, 7) is 12.9. The maximum atomic E-state index is 12.7. The number of allylic oxidation sites excluding steroid dienone is 1. The van der Waals surface area contributed by atoms with Crippen LogP contribution in [0.2, 0.25) is 0 Å². The Hall–Kier alpha value is -2.40. The molecular formula is C21H27NO4. The lowest BCUT2D eigenvalue weighted by atomic mass is 9.72. The fourth-order valence-electron chi connectivity index (χ4n) is 3.22. The Bertz CT molecular complexity index is 722. The number of hydrogen-bond acceptors (Lipinski definition) is 5. The smallest absolute Gasteiger partial charge is 0.322 e. The second-order valence-corrected chi connectivity index (χ2v) is 6.96. The van der Waals surface area contributed by atoms with Crippen LogP contribution in [0.5, 0.6) is 0 Å². The number of hydrogen-bond donors (Lipinski definition) is 1. The number of nitrogens with one attached hydrogen (secondary N) is 1. The van der Waals surface area contributed by atoms with Crippen molar-refractivity contribution >= 4 is 17.4 Å². The van der Waals surface area contributed by atoms with Crippen molar-refractivity contribution in [1.29, 1.82) is 0 Å². The van der Waals surface area contributed by atoms with E-state index >= 15 is 0 Å². The Morgan fingerprint density at radius 1 is 1.35 bits per heavy atom. The predicted molar refractivity (Wildman–Crippen MR) is 102 cm³/mol. The highest BCUT2D eigenvalue weighted by Crippen LogP contribution is 2.39. The molecule has 3 atom stereocenters. The van der Waals surface area contributed by atoms with E-state index in [1.807, 2.05) is 31.2 Å². The van der Waals surface area contributed by atoms with Gasteiger partial charge in [0.25, 0.3) is 0 Å². The van der Waals surface area contributed by atoms with E-state index < -0.39 is 23.6 Å². The minimum absolute atomic E-state index is 0.297. The van der Waals surface area contributed by atoms with Crippen LogP contribution < -0.4 is 5.32 Å². The lowest BCUT2D eigenvalue weighted by Crippen LogP contribution is -2.55. The lowest BCUT2D eigenvalue weighted by molar-refractivity contribution is -0.175. The molecule has 0 amide bonds. The highest BCUT2D eigenvalue weighted by Gasteiger charge is 2.54. The standard InChI is InChI=1S/C21H27NO4/c1-13(2)22-17-10-7-16(8-11-17)9-12-18-21(5,20(24)25-6)19(23)14(3)15(4)26-18/h7-8,10-11,15,18,22H,1,3,9,12H2,2,4-6H3. The minimum atomic E-state index is -1.36. The lowest BCUT2D eigenvalue weighted by Gasteiger charge is -2.41. The van der Waals surface area contributed by atoms with Gasteiger partial charge < -0.3 is 14.8 Å². The third-order valence-corrected chi connectivity index (χ3v) is 4.88. The van der Waals surface area contributed by atoms with Crippen LogP contribution in [0.25, 0.3) is 0 Å². The summed E-state index contributed by atoms with van der Waals surface area (Å²) in [5.74, 6) is -0.879. The number of ether oxygens (including phenoxy) is 2. The number of benzene rings is 1. The number of aryl methyl sites for hydroxylation is 1. The van der Waals surface area contributed by atoms with Crippen molar-refractivity contribution in [1.82, 2.24) is 0 Å². The molecule has 0 radical (unpaired) electrons. The van der Waals surface area contributed by atoms with E-state index in [0.717, 1.165) is 16.9 Å². The predicted octanol–water partition coefficient (Wildman–Crippen LogP) is 3.66. The van der Waals surface area contributed by atoms with E-state index in [1.165, 1.54) is 7.11 Å². The van der Waals surface area contributed by atoms with Crippen molar-refractivity contribution in [2.75, 3.05) is 12.4 Å². The SMILES string of the molecule is C=C(C)Nc1ccc(CCC2OC(C)C(=C)C(=O)C2(C)C(=O)OC)cc1. The number of esters is 1. The Balaban J connectivity index is 2.15. The number of Topliss-reactive ketones (excluding diaryl/α,β-unsaturated/α-hetero) is 1. The van der Waals surface area contributed by atoms with E-state index in [-0.39, 0.29) is 5.78 Å². The van der Waals surface area contributed by atoms with Crippen molar-refractivity contribution in [3.63, 3.8) is 0 Å². The third kappa shape index (κ3) is 3.88. The monoisotopic (exact) mass is 357 g/mol. The number of methoxy groups -OCH3 is 1. The van der Waals surface area contributed by atoms with E-state index in [4.69, 9.17) is 9.47 Å². The summed E-state index contributed by atoms with van der Waals surface area (Å²) >= 11 is 0. The van der Waals surface area contributed by atoms with Crippen LogP contribution in [0.1, 0.15) is 32.8 Å². The summed E-state index contributed by atoms with van der Waals surface area (Å²) in [6, 6.07) is 7.96. The van der Waals surface area contributed by atoms with Gasteiger partial charge in [0.05, 0.1) is 19.3 Å². The summed E-state index contributed by atoms with van der Waals surface area (Å²) < 4.78 is 10.8. The van der Waals surface area contributed by atoms with Crippen LogP contribution in [0, 0.1) is 5.41 Å². The maximum absolute atomic E-state index is 12.7. The molecule has 1 N–H and O–H groups in total. The second-order valence-electron chi connectivity index (χ2n) is 6.96. The van der Waals surface area contributed by atoms with Gasteiger partial charge in [-0.3, -0.25) is 9.59 Å². The second kappa shape index (κ2) is 7.87. The van der Waals surface area contributed by atoms with Crippen molar-refractivity contribution in [3.8, 4) is 0 Å². The van der Waals surface area contributed by atoms with Crippen LogP contribution in [-0.2, 0) is 25.5 Å². The number of carbonyl (C=O) groups excluding carboxylic acids is 2. The van der Waals surface area contributed by atoms with Crippen LogP contribution in [-0.4, -0.2) is 31.1 Å². The fraction of sp³-hybridized carbons (Fsp3) is 0.429. The third-order valence-electron chi connectivity index (χ3n) is 4.88. The molecule has 1 fully saturated rings. The van der Waals surface area contributed by atoms with Crippen molar-refractivity contribution < 1.29 is 19.1 Å². The van der Waals surface area contributed by atoms with Crippen molar-refractivity contribution in [2.45, 2.75) is 45.8 Å². The van der Waals surface area contributed by atoms with E-state index in [2.05, 4.69) is 18.5 Å². The average molecular weight is 357 g/mol. The number of ketones is 1. The van der Waals surface area contributed by atoms with Crippen LogP contribution in [0.4, 0.5) is 5.69 Å². The Kier molecular flexibility index (Phi) is 6.03. The summed E-state index contributed by atoms with van der Waals surface area (Å²) in [6.07, 6.45) is 0.239. The molecule has 5 nitrogen and oxygen atoms in total. The largest absolute Gasteiger partial charge is 0.468 e. The molecule has 0 spiro atoms. The van der Waals surface area contributed by atoms with Crippen LogP contribution in [0.3, 0.4) is 0 Å². The van der Waals surface area contributed by atoms with Crippen LogP contribution >= 0.6 is 0 Å². The van der Waals surface area contributed by atoms with Gasteiger partial charge in [-0.05, 0) is 51.3 Å². The molecule has 1 heterocycles. The summed E-state index contributed by atoms with van der Waals surface area (Å²) in [5, 5.41) is 3.15. The van der Waals surface area contributed by atoms with Gasteiger partial charge in [0.15, 0.2) is 11.2 Å². The van der Waals surface area contributed by atoms with E-state index in [9.17, 15) is 9.59 Å². The number of anilines is 1. The first-order valence-electron chi connectivity index (χ1n) is 8.69. The van der Waals surface area contributed by atoms with Gasteiger partial charge in [-0.15, -0.1) is 0 Å².